The SMILES string of the molecule is O=C(Cc1ncc[nH]1)c1cc(C(F)(F)F)ccc1Br. The normalized spacial score (nSPS) is 11.6. The highest BCUT2D eigenvalue weighted by atomic mass is 79.9. The van der Waals surface area contributed by atoms with E-state index >= 15 is 0 Å². The average Bonchev–Trinajstić information content (AvgIpc) is 2.80. The number of aromatic amines is 1. The van der Waals surface area contributed by atoms with Crippen LogP contribution in [0.2, 0.25) is 0 Å². The molecule has 0 saturated heterocycles. The Morgan fingerprint density at radius 2 is 2.11 bits per heavy atom. The van der Waals surface area contributed by atoms with Crippen LogP contribution in [0.15, 0.2) is 35.1 Å². The molecule has 1 heterocycles. The van der Waals surface area contributed by atoms with Crippen molar-refractivity contribution in [2.45, 2.75) is 12.6 Å². The summed E-state index contributed by atoms with van der Waals surface area (Å²) in [7, 11) is 0. The van der Waals surface area contributed by atoms with Gasteiger partial charge in [-0.05, 0) is 18.2 Å². The number of hydrogen-bond donors (Lipinski definition) is 1. The number of Topliss-reactive ketones (excluding diaryl/α,β-unsaturated/α-hetero) is 1. The molecule has 0 saturated carbocycles. The first kappa shape index (κ1) is 13.8. The molecule has 0 aliphatic carbocycles. The van der Waals surface area contributed by atoms with Crippen LogP contribution >= 0.6 is 15.9 Å². The van der Waals surface area contributed by atoms with Crippen molar-refractivity contribution in [2.75, 3.05) is 0 Å². The average molecular weight is 333 g/mol. The van der Waals surface area contributed by atoms with Crippen LogP contribution in [0, 0.1) is 0 Å². The molecule has 0 bridgehead atoms. The van der Waals surface area contributed by atoms with Crippen molar-refractivity contribution in [1.29, 1.82) is 0 Å². The summed E-state index contributed by atoms with van der Waals surface area (Å²) in [6, 6.07) is 2.99. The van der Waals surface area contributed by atoms with Crippen LogP contribution in [0.5, 0.6) is 0 Å². The van der Waals surface area contributed by atoms with E-state index in [1.165, 1.54) is 12.3 Å². The van der Waals surface area contributed by atoms with Crippen molar-refractivity contribution in [3.8, 4) is 0 Å². The molecule has 100 valence electrons. The van der Waals surface area contributed by atoms with E-state index in [-0.39, 0.29) is 12.0 Å². The van der Waals surface area contributed by atoms with E-state index in [2.05, 4.69) is 25.9 Å². The Hall–Kier alpha value is -1.63. The van der Waals surface area contributed by atoms with E-state index in [9.17, 15) is 18.0 Å². The lowest BCUT2D eigenvalue weighted by atomic mass is 10.0. The first-order valence-electron chi connectivity index (χ1n) is 5.26. The first-order chi connectivity index (χ1) is 8.88. The van der Waals surface area contributed by atoms with Gasteiger partial charge in [-0.25, -0.2) is 4.98 Å². The predicted molar refractivity (Wildman–Crippen MR) is 65.8 cm³/mol. The number of benzene rings is 1. The molecule has 19 heavy (non-hydrogen) atoms. The summed E-state index contributed by atoms with van der Waals surface area (Å²) in [5, 5.41) is 0. The van der Waals surface area contributed by atoms with Crippen LogP contribution in [0.1, 0.15) is 21.7 Å². The fraction of sp³-hybridized carbons (Fsp3) is 0.167. The molecule has 3 nitrogen and oxygen atoms in total. The minimum absolute atomic E-state index is 0.00813. The summed E-state index contributed by atoms with van der Waals surface area (Å²) in [5.74, 6) is -0.0257. The van der Waals surface area contributed by atoms with Crippen molar-refractivity contribution in [1.82, 2.24) is 9.97 Å². The highest BCUT2D eigenvalue weighted by Gasteiger charge is 2.31. The molecule has 7 heteroatoms. The zero-order chi connectivity index (χ0) is 14.0. The molecule has 0 atom stereocenters. The van der Waals surface area contributed by atoms with Crippen LogP contribution in [-0.2, 0) is 12.6 Å². The third kappa shape index (κ3) is 3.23. The number of carbonyl (C=O) groups is 1. The van der Waals surface area contributed by atoms with Gasteiger partial charge >= 0.3 is 6.18 Å². The van der Waals surface area contributed by atoms with Crippen LogP contribution < -0.4 is 0 Å². The van der Waals surface area contributed by atoms with E-state index in [0.717, 1.165) is 12.1 Å². The fourth-order valence-corrected chi connectivity index (χ4v) is 2.02. The van der Waals surface area contributed by atoms with Gasteiger partial charge in [-0.1, -0.05) is 15.9 Å². The van der Waals surface area contributed by atoms with Gasteiger partial charge in [-0.2, -0.15) is 13.2 Å². The summed E-state index contributed by atoms with van der Waals surface area (Å²) in [6.45, 7) is 0. The maximum atomic E-state index is 12.6. The van der Waals surface area contributed by atoms with Crippen molar-refractivity contribution >= 4 is 21.7 Å². The third-order valence-corrected chi connectivity index (χ3v) is 3.17. The van der Waals surface area contributed by atoms with E-state index in [4.69, 9.17) is 0 Å². The van der Waals surface area contributed by atoms with Crippen molar-refractivity contribution < 1.29 is 18.0 Å². The number of H-pyrrole nitrogens is 1. The number of rotatable bonds is 3. The van der Waals surface area contributed by atoms with Gasteiger partial charge in [0.15, 0.2) is 5.78 Å². The quantitative estimate of drug-likeness (QED) is 0.872. The fourth-order valence-electron chi connectivity index (χ4n) is 1.56. The number of ketones is 1. The molecule has 0 aliphatic heterocycles. The third-order valence-electron chi connectivity index (χ3n) is 2.48. The zero-order valence-electron chi connectivity index (χ0n) is 9.46. The highest BCUT2D eigenvalue weighted by molar-refractivity contribution is 9.10. The van der Waals surface area contributed by atoms with E-state index in [1.54, 1.807) is 6.20 Å². The molecule has 0 aliphatic rings. The molecule has 2 aromatic rings. The van der Waals surface area contributed by atoms with Crippen LogP contribution in [0.4, 0.5) is 13.2 Å². The molecular weight excluding hydrogens is 325 g/mol. The van der Waals surface area contributed by atoms with E-state index < -0.39 is 17.5 Å². The maximum absolute atomic E-state index is 12.6. The number of nitrogens with zero attached hydrogens (tertiary/aromatic N) is 1. The Labute approximate surface area is 115 Å². The molecule has 1 aromatic carbocycles. The van der Waals surface area contributed by atoms with Crippen LogP contribution in [0.25, 0.3) is 0 Å². The highest BCUT2D eigenvalue weighted by Crippen LogP contribution is 2.32. The summed E-state index contributed by atoms with van der Waals surface area (Å²) in [4.78, 5) is 18.6. The second-order valence-corrected chi connectivity index (χ2v) is 4.68. The number of nitrogens with one attached hydrogen (secondary N) is 1. The molecule has 0 amide bonds. The number of hydrogen-bond acceptors (Lipinski definition) is 2. The second kappa shape index (κ2) is 5.16. The van der Waals surface area contributed by atoms with E-state index in [1.807, 2.05) is 0 Å². The van der Waals surface area contributed by atoms with Gasteiger partial charge < -0.3 is 4.98 Å². The summed E-state index contributed by atoms with van der Waals surface area (Å²) in [6.07, 6.45) is -1.53. The Kier molecular flexibility index (Phi) is 3.75. The Morgan fingerprint density at radius 3 is 2.68 bits per heavy atom. The van der Waals surface area contributed by atoms with Gasteiger partial charge in [0.2, 0.25) is 0 Å². The molecule has 1 aromatic heterocycles. The molecule has 0 unspecified atom stereocenters. The molecule has 0 fully saturated rings. The minimum Gasteiger partial charge on any atom is -0.348 e. The van der Waals surface area contributed by atoms with Gasteiger partial charge in [0.05, 0.1) is 12.0 Å². The summed E-state index contributed by atoms with van der Waals surface area (Å²) >= 11 is 3.08. The smallest absolute Gasteiger partial charge is 0.348 e. The van der Waals surface area contributed by atoms with Crippen LogP contribution in [-0.4, -0.2) is 15.8 Å². The molecule has 0 spiro atoms. The summed E-state index contributed by atoms with van der Waals surface area (Å²) in [5.41, 5.74) is -0.857. The number of halogens is 4. The van der Waals surface area contributed by atoms with Gasteiger partial charge in [0.1, 0.15) is 5.82 Å². The topological polar surface area (TPSA) is 45.8 Å². The number of alkyl halides is 3. The lowest BCUT2D eigenvalue weighted by molar-refractivity contribution is -0.137. The van der Waals surface area contributed by atoms with Crippen LogP contribution in [0.3, 0.4) is 0 Å². The standard InChI is InChI=1S/C12H8BrF3N2O/c13-9-2-1-7(12(14,15)16)5-8(9)10(19)6-11-17-3-4-18-11/h1-5H,6H2,(H,17,18). The number of aromatic nitrogens is 2. The van der Waals surface area contributed by atoms with Gasteiger partial charge in [0, 0.05) is 22.4 Å². The molecule has 0 radical (unpaired) electrons. The largest absolute Gasteiger partial charge is 0.416 e. The Balaban J connectivity index is 2.31. The van der Waals surface area contributed by atoms with E-state index in [0.29, 0.717) is 10.3 Å². The lowest BCUT2D eigenvalue weighted by Crippen LogP contribution is -2.10. The zero-order valence-corrected chi connectivity index (χ0v) is 11.0. The monoisotopic (exact) mass is 332 g/mol. The van der Waals surface area contributed by atoms with Gasteiger partial charge in [-0.15, -0.1) is 0 Å². The number of imidazole rings is 1. The van der Waals surface area contributed by atoms with Gasteiger partial charge in [0.25, 0.3) is 0 Å². The molecular formula is C12H8BrF3N2O. The minimum atomic E-state index is -4.47. The van der Waals surface area contributed by atoms with Crippen molar-refractivity contribution in [3.63, 3.8) is 0 Å². The van der Waals surface area contributed by atoms with Crippen molar-refractivity contribution in [3.05, 3.63) is 52.0 Å². The lowest BCUT2D eigenvalue weighted by Gasteiger charge is -2.09. The maximum Gasteiger partial charge on any atom is 0.416 e. The Morgan fingerprint density at radius 1 is 1.37 bits per heavy atom. The molecule has 1 N–H and O–H groups in total. The van der Waals surface area contributed by atoms with Crippen molar-refractivity contribution in [2.24, 2.45) is 0 Å². The number of carbonyl (C=O) groups excluding carboxylic acids is 1. The Bertz CT molecular complexity index is 594. The first-order valence-corrected chi connectivity index (χ1v) is 6.05. The molecule has 2 rings (SSSR count). The van der Waals surface area contributed by atoms with Gasteiger partial charge in [-0.3, -0.25) is 4.79 Å². The predicted octanol–water partition coefficient (Wildman–Crippen LogP) is 3.62. The second-order valence-electron chi connectivity index (χ2n) is 3.83. The summed E-state index contributed by atoms with van der Waals surface area (Å²) < 4.78 is 38.1.